The van der Waals surface area contributed by atoms with E-state index in [2.05, 4.69) is 25.9 Å². The van der Waals surface area contributed by atoms with Crippen molar-refractivity contribution >= 4 is 40.1 Å². The van der Waals surface area contributed by atoms with Gasteiger partial charge in [0.05, 0.1) is 17.6 Å². The zero-order valence-corrected chi connectivity index (χ0v) is 19.3. The van der Waals surface area contributed by atoms with E-state index < -0.39 is 17.9 Å². The number of fused-ring (bicyclic) bond motifs is 1. The van der Waals surface area contributed by atoms with Crippen molar-refractivity contribution in [3.8, 4) is 5.69 Å². The number of carbonyl (C=O) groups excluding carboxylic acids is 4. The largest absolute Gasteiger partial charge is 0.322 e. The molecule has 0 spiro atoms. The van der Waals surface area contributed by atoms with Gasteiger partial charge in [0.15, 0.2) is 10.8 Å². The lowest BCUT2D eigenvalue weighted by atomic mass is 10.0. The summed E-state index contributed by atoms with van der Waals surface area (Å²) in [5.74, 6) is -1.23. The van der Waals surface area contributed by atoms with Crippen LogP contribution in [-0.2, 0) is 16.1 Å². The molecule has 4 amide bonds. The minimum absolute atomic E-state index is 0.110. The number of benzene rings is 1. The van der Waals surface area contributed by atoms with E-state index >= 15 is 0 Å². The van der Waals surface area contributed by atoms with Crippen molar-refractivity contribution in [1.29, 1.82) is 0 Å². The van der Waals surface area contributed by atoms with Gasteiger partial charge in [-0.2, -0.15) is 0 Å². The van der Waals surface area contributed by atoms with Crippen molar-refractivity contribution < 1.29 is 19.2 Å². The number of hydrogen-bond acceptors (Lipinski definition) is 8. The maximum absolute atomic E-state index is 13.0. The van der Waals surface area contributed by atoms with Crippen molar-refractivity contribution in [3.63, 3.8) is 0 Å². The summed E-state index contributed by atoms with van der Waals surface area (Å²) in [5.41, 5.74) is 2.80. The molecule has 2 aliphatic rings. The van der Waals surface area contributed by atoms with Gasteiger partial charge in [-0.05, 0) is 30.0 Å². The molecule has 5 rings (SSSR count). The van der Waals surface area contributed by atoms with Crippen molar-refractivity contribution in [2.24, 2.45) is 0 Å². The van der Waals surface area contributed by atoms with Gasteiger partial charge in [0.1, 0.15) is 6.04 Å². The molecule has 0 bridgehead atoms. The number of piperidine rings is 1. The van der Waals surface area contributed by atoms with Gasteiger partial charge in [0.25, 0.3) is 11.8 Å². The molecule has 34 heavy (non-hydrogen) atoms. The predicted octanol–water partition coefficient (Wildman–Crippen LogP) is 1.86. The van der Waals surface area contributed by atoms with E-state index in [-0.39, 0.29) is 36.4 Å². The third-order valence-corrected chi connectivity index (χ3v) is 6.61. The first-order chi connectivity index (χ1) is 16.3. The summed E-state index contributed by atoms with van der Waals surface area (Å²) in [7, 11) is 0. The molecule has 2 aromatic heterocycles. The summed E-state index contributed by atoms with van der Waals surface area (Å²) in [5, 5.41) is 15.4. The maximum atomic E-state index is 13.0. The molecule has 0 saturated carbocycles. The number of thiazole rings is 1. The minimum atomic E-state index is -0.676. The van der Waals surface area contributed by atoms with Crippen LogP contribution < -0.4 is 10.6 Å². The van der Waals surface area contributed by atoms with E-state index in [0.717, 1.165) is 11.3 Å². The van der Waals surface area contributed by atoms with Gasteiger partial charge >= 0.3 is 0 Å². The number of nitrogens with one attached hydrogen (secondary N) is 2. The fraction of sp³-hybridized carbons (Fsp3) is 0.318. The van der Waals surface area contributed by atoms with E-state index in [4.69, 9.17) is 0 Å². The lowest BCUT2D eigenvalue weighted by Gasteiger charge is -2.29. The minimum Gasteiger partial charge on any atom is -0.322 e. The van der Waals surface area contributed by atoms with Gasteiger partial charge in [0, 0.05) is 23.9 Å². The molecule has 11 nitrogen and oxygen atoms in total. The Kier molecular flexibility index (Phi) is 5.44. The Morgan fingerprint density at radius 3 is 2.82 bits per heavy atom. The Bertz CT molecular complexity index is 1330. The summed E-state index contributed by atoms with van der Waals surface area (Å²) < 4.78 is 1.42. The fourth-order valence-electron chi connectivity index (χ4n) is 3.95. The zero-order valence-electron chi connectivity index (χ0n) is 18.4. The number of amides is 4. The number of nitrogens with zero attached hydrogens (tertiary/aromatic N) is 5. The van der Waals surface area contributed by atoms with Crippen LogP contribution in [0.4, 0.5) is 5.13 Å². The van der Waals surface area contributed by atoms with Crippen molar-refractivity contribution in [1.82, 2.24) is 30.2 Å². The van der Waals surface area contributed by atoms with Gasteiger partial charge < -0.3 is 4.90 Å². The first-order valence-electron chi connectivity index (χ1n) is 10.8. The van der Waals surface area contributed by atoms with Crippen LogP contribution in [0.5, 0.6) is 0 Å². The molecule has 0 radical (unpaired) electrons. The van der Waals surface area contributed by atoms with Crippen LogP contribution in [0.1, 0.15) is 64.7 Å². The van der Waals surface area contributed by atoms with Crippen LogP contribution in [0.2, 0.25) is 0 Å². The van der Waals surface area contributed by atoms with E-state index in [0.29, 0.717) is 22.8 Å². The zero-order chi connectivity index (χ0) is 24.0. The van der Waals surface area contributed by atoms with Crippen LogP contribution >= 0.6 is 11.3 Å². The molecule has 2 N–H and O–H groups in total. The number of aromatic nitrogens is 4. The highest BCUT2D eigenvalue weighted by atomic mass is 32.1. The molecule has 1 aromatic carbocycles. The monoisotopic (exact) mass is 479 g/mol. The van der Waals surface area contributed by atoms with Crippen LogP contribution in [-0.4, -0.2) is 54.5 Å². The lowest BCUT2D eigenvalue weighted by molar-refractivity contribution is -0.136. The SMILES string of the molecule is CC(C)c1csc(NC(=O)c2cn(-c3ccc4c(c3)C(=O)N(C3CCC(=O)NC3=O)C4)nn2)n1. The Morgan fingerprint density at radius 2 is 2.09 bits per heavy atom. The molecule has 1 fully saturated rings. The van der Waals surface area contributed by atoms with Crippen LogP contribution in [0.25, 0.3) is 5.69 Å². The molecular weight excluding hydrogens is 458 g/mol. The number of hydrogen-bond donors (Lipinski definition) is 2. The summed E-state index contributed by atoms with van der Waals surface area (Å²) in [6, 6.07) is 4.55. The molecular formula is C22H21N7O4S. The number of imide groups is 1. The second-order valence-electron chi connectivity index (χ2n) is 8.48. The van der Waals surface area contributed by atoms with Gasteiger partial charge in [0.2, 0.25) is 11.8 Å². The van der Waals surface area contributed by atoms with Gasteiger partial charge in [-0.25, -0.2) is 9.67 Å². The van der Waals surface area contributed by atoms with Gasteiger partial charge in [-0.1, -0.05) is 25.1 Å². The molecule has 1 unspecified atom stereocenters. The number of rotatable bonds is 5. The van der Waals surface area contributed by atoms with Crippen LogP contribution in [0, 0.1) is 0 Å². The molecule has 12 heteroatoms. The molecule has 2 aliphatic heterocycles. The number of anilines is 1. The highest BCUT2D eigenvalue weighted by Gasteiger charge is 2.39. The highest BCUT2D eigenvalue weighted by molar-refractivity contribution is 7.14. The first kappa shape index (κ1) is 21.9. The number of carbonyl (C=O) groups is 4. The Morgan fingerprint density at radius 1 is 1.26 bits per heavy atom. The normalized spacial score (nSPS) is 17.8. The summed E-state index contributed by atoms with van der Waals surface area (Å²) in [6.07, 6.45) is 1.98. The van der Waals surface area contributed by atoms with Crippen LogP contribution in [0.15, 0.2) is 29.8 Å². The third-order valence-electron chi connectivity index (χ3n) is 5.84. The molecule has 3 aromatic rings. The highest BCUT2D eigenvalue weighted by Crippen LogP contribution is 2.29. The summed E-state index contributed by atoms with van der Waals surface area (Å²) in [6.45, 7) is 4.34. The smallest absolute Gasteiger partial charge is 0.279 e. The standard InChI is InChI=1S/C22H21N7O4S/c1-11(2)16-10-34-22(23-16)25-19(31)15-9-29(27-26-15)13-4-3-12-8-28(21(33)14(12)7-13)17-5-6-18(30)24-20(17)32/h3-4,7,9-11,17H,5-6,8H2,1-2H3,(H,23,25,31)(H,24,30,32). The predicted molar refractivity (Wildman–Crippen MR) is 122 cm³/mol. The average molecular weight is 480 g/mol. The second-order valence-corrected chi connectivity index (χ2v) is 9.33. The fourth-order valence-corrected chi connectivity index (χ4v) is 4.82. The Balaban J connectivity index is 1.32. The van der Waals surface area contributed by atoms with E-state index in [9.17, 15) is 19.2 Å². The lowest BCUT2D eigenvalue weighted by Crippen LogP contribution is -2.52. The molecule has 0 aliphatic carbocycles. The maximum Gasteiger partial charge on any atom is 0.279 e. The van der Waals surface area contributed by atoms with Crippen molar-refractivity contribution in [2.75, 3.05) is 5.32 Å². The summed E-state index contributed by atoms with van der Waals surface area (Å²) >= 11 is 1.34. The Hall–Kier alpha value is -3.93. The third kappa shape index (κ3) is 3.96. The quantitative estimate of drug-likeness (QED) is 0.533. The van der Waals surface area contributed by atoms with Crippen molar-refractivity contribution in [2.45, 2.75) is 45.2 Å². The van der Waals surface area contributed by atoms with E-state index in [1.165, 1.54) is 27.1 Å². The van der Waals surface area contributed by atoms with Crippen LogP contribution in [0.3, 0.4) is 0 Å². The van der Waals surface area contributed by atoms with E-state index in [1.807, 2.05) is 19.2 Å². The van der Waals surface area contributed by atoms with E-state index in [1.54, 1.807) is 18.2 Å². The topological polar surface area (TPSA) is 139 Å². The molecule has 174 valence electrons. The van der Waals surface area contributed by atoms with Crippen molar-refractivity contribution in [3.05, 3.63) is 52.3 Å². The Labute approximate surface area is 198 Å². The molecule has 4 heterocycles. The first-order valence-corrected chi connectivity index (χ1v) is 11.6. The van der Waals surface area contributed by atoms with Gasteiger partial charge in [-0.3, -0.25) is 29.8 Å². The molecule has 1 saturated heterocycles. The average Bonchev–Trinajstić information content (AvgIpc) is 3.53. The van der Waals surface area contributed by atoms with Gasteiger partial charge in [-0.15, -0.1) is 16.4 Å². The second kappa shape index (κ2) is 8.45. The summed E-state index contributed by atoms with van der Waals surface area (Å²) in [4.78, 5) is 55.1. The molecule has 1 atom stereocenters.